The molecular formula is C11H12ClFO2S. The molecule has 0 atom stereocenters. The highest BCUT2D eigenvalue weighted by atomic mass is 35.7. The Labute approximate surface area is 98.8 Å². The van der Waals surface area contributed by atoms with Crippen molar-refractivity contribution >= 4 is 19.7 Å². The summed E-state index contributed by atoms with van der Waals surface area (Å²) in [6, 6.07) is 6.32. The summed E-state index contributed by atoms with van der Waals surface area (Å²) >= 11 is 0. The summed E-state index contributed by atoms with van der Waals surface area (Å²) in [6.45, 7) is 0. The summed E-state index contributed by atoms with van der Waals surface area (Å²) in [6.07, 6.45) is 2.01. The second-order valence-corrected chi connectivity index (χ2v) is 6.76. The van der Waals surface area contributed by atoms with Crippen LogP contribution in [0.3, 0.4) is 0 Å². The molecule has 1 aliphatic rings. The van der Waals surface area contributed by atoms with Gasteiger partial charge in [0.2, 0.25) is 0 Å². The molecule has 0 spiro atoms. The molecule has 0 bridgehead atoms. The van der Waals surface area contributed by atoms with Crippen LogP contribution in [0.4, 0.5) is 4.39 Å². The van der Waals surface area contributed by atoms with E-state index in [2.05, 4.69) is 0 Å². The number of hydrogen-bond acceptors (Lipinski definition) is 2. The quantitative estimate of drug-likeness (QED) is 0.785. The monoisotopic (exact) mass is 262 g/mol. The fourth-order valence-electron chi connectivity index (χ4n) is 1.97. The first-order chi connectivity index (χ1) is 7.41. The Bertz CT molecular complexity index is 494. The van der Waals surface area contributed by atoms with E-state index in [1.54, 1.807) is 18.2 Å². The second-order valence-electron chi connectivity index (χ2n) is 4.23. The van der Waals surface area contributed by atoms with Crippen molar-refractivity contribution in [2.75, 3.05) is 0 Å². The molecule has 5 heteroatoms. The lowest BCUT2D eigenvalue weighted by atomic mass is 9.78. The van der Waals surface area contributed by atoms with Crippen LogP contribution in [0.5, 0.6) is 0 Å². The van der Waals surface area contributed by atoms with Crippen LogP contribution in [0.2, 0.25) is 0 Å². The molecule has 0 saturated heterocycles. The molecule has 2 rings (SSSR count). The van der Waals surface area contributed by atoms with Crippen molar-refractivity contribution < 1.29 is 12.8 Å². The molecule has 1 aromatic carbocycles. The highest BCUT2D eigenvalue weighted by Gasteiger charge is 2.38. The van der Waals surface area contributed by atoms with Gasteiger partial charge in [0.1, 0.15) is 5.67 Å². The van der Waals surface area contributed by atoms with E-state index in [1.807, 2.05) is 0 Å². The Kier molecular flexibility index (Phi) is 2.97. The average Bonchev–Trinajstić information content (AvgIpc) is 2.14. The van der Waals surface area contributed by atoms with Crippen LogP contribution in [0, 0.1) is 0 Å². The summed E-state index contributed by atoms with van der Waals surface area (Å²) in [5.74, 6) is 0. The molecule has 1 fully saturated rings. The predicted octanol–water partition coefficient (Wildman–Crippen LogP) is 3.05. The Morgan fingerprint density at radius 2 is 1.94 bits per heavy atom. The van der Waals surface area contributed by atoms with Crippen LogP contribution >= 0.6 is 10.7 Å². The maximum absolute atomic E-state index is 13.9. The molecule has 16 heavy (non-hydrogen) atoms. The van der Waals surface area contributed by atoms with Gasteiger partial charge in [0.15, 0.2) is 0 Å². The van der Waals surface area contributed by atoms with E-state index in [0.29, 0.717) is 18.4 Å². The van der Waals surface area contributed by atoms with E-state index < -0.39 is 14.7 Å². The normalized spacial score (nSPS) is 19.1. The lowest BCUT2D eigenvalue weighted by Crippen LogP contribution is -2.34. The van der Waals surface area contributed by atoms with E-state index in [0.717, 1.165) is 6.42 Å². The van der Waals surface area contributed by atoms with Crippen molar-refractivity contribution in [1.82, 2.24) is 0 Å². The fraction of sp³-hybridized carbons (Fsp3) is 0.455. The molecule has 0 aromatic heterocycles. The minimum atomic E-state index is -3.78. The van der Waals surface area contributed by atoms with Gasteiger partial charge in [-0.2, -0.15) is 0 Å². The summed E-state index contributed by atoms with van der Waals surface area (Å²) in [7, 11) is 1.52. The van der Waals surface area contributed by atoms with Crippen LogP contribution < -0.4 is 0 Å². The molecule has 0 aliphatic heterocycles. The molecule has 1 saturated carbocycles. The molecule has 1 aromatic rings. The van der Waals surface area contributed by atoms with Crippen molar-refractivity contribution in [2.45, 2.75) is 36.2 Å². The smallest absolute Gasteiger partial charge is 0.244 e. The molecule has 0 unspecified atom stereocenters. The second kappa shape index (κ2) is 4.00. The van der Waals surface area contributed by atoms with Gasteiger partial charge in [0.05, 0.1) is 4.90 Å². The zero-order valence-electron chi connectivity index (χ0n) is 8.62. The third kappa shape index (κ3) is 2.38. The van der Waals surface area contributed by atoms with E-state index >= 15 is 0 Å². The van der Waals surface area contributed by atoms with Gasteiger partial charge in [0, 0.05) is 17.1 Å². The van der Waals surface area contributed by atoms with Gasteiger partial charge in [-0.1, -0.05) is 18.2 Å². The van der Waals surface area contributed by atoms with Crippen LogP contribution in [0.25, 0.3) is 0 Å². The molecule has 88 valence electrons. The number of benzene rings is 1. The lowest BCUT2D eigenvalue weighted by molar-refractivity contribution is 0.0635. The van der Waals surface area contributed by atoms with E-state index in [9.17, 15) is 12.8 Å². The lowest BCUT2D eigenvalue weighted by Gasteiger charge is -2.34. The summed E-state index contributed by atoms with van der Waals surface area (Å²) in [5, 5.41) is 0. The molecule has 2 nitrogen and oxygen atoms in total. The summed E-state index contributed by atoms with van der Waals surface area (Å²) < 4.78 is 36.5. The van der Waals surface area contributed by atoms with Gasteiger partial charge in [-0.25, -0.2) is 12.8 Å². The standard InChI is InChI=1S/C11H12ClFO2S/c12-16(14,15)10-5-2-1-4-9(10)8-11(13)6-3-7-11/h1-2,4-5H,3,6-8H2. The minimum Gasteiger partial charge on any atom is -0.244 e. The highest BCUT2D eigenvalue weighted by molar-refractivity contribution is 8.13. The molecule has 0 amide bonds. The fourth-order valence-corrected chi connectivity index (χ4v) is 3.11. The van der Waals surface area contributed by atoms with Crippen molar-refractivity contribution in [1.29, 1.82) is 0 Å². The van der Waals surface area contributed by atoms with Gasteiger partial charge in [-0.05, 0) is 30.9 Å². The molecule has 0 heterocycles. The van der Waals surface area contributed by atoms with Gasteiger partial charge >= 0.3 is 0 Å². The predicted molar refractivity (Wildman–Crippen MR) is 60.9 cm³/mol. The number of alkyl halides is 1. The van der Waals surface area contributed by atoms with Gasteiger partial charge in [-0.3, -0.25) is 0 Å². The van der Waals surface area contributed by atoms with Crippen molar-refractivity contribution in [3.63, 3.8) is 0 Å². The summed E-state index contributed by atoms with van der Waals surface area (Å²) in [5.41, 5.74) is -0.766. The summed E-state index contributed by atoms with van der Waals surface area (Å²) in [4.78, 5) is 0.0283. The first-order valence-corrected chi connectivity index (χ1v) is 7.43. The minimum absolute atomic E-state index is 0.0283. The highest BCUT2D eigenvalue weighted by Crippen LogP contribution is 2.39. The topological polar surface area (TPSA) is 34.1 Å². The van der Waals surface area contributed by atoms with E-state index in [-0.39, 0.29) is 11.3 Å². The van der Waals surface area contributed by atoms with Crippen LogP contribution in [0.1, 0.15) is 24.8 Å². The third-order valence-corrected chi connectivity index (χ3v) is 4.41. The van der Waals surface area contributed by atoms with Crippen LogP contribution in [-0.2, 0) is 15.5 Å². The van der Waals surface area contributed by atoms with Crippen molar-refractivity contribution in [3.8, 4) is 0 Å². The number of rotatable bonds is 3. The van der Waals surface area contributed by atoms with E-state index in [1.165, 1.54) is 6.07 Å². The maximum Gasteiger partial charge on any atom is 0.261 e. The Hall–Kier alpha value is -0.610. The average molecular weight is 263 g/mol. The van der Waals surface area contributed by atoms with Gasteiger partial charge < -0.3 is 0 Å². The van der Waals surface area contributed by atoms with E-state index in [4.69, 9.17) is 10.7 Å². The molecule has 0 N–H and O–H groups in total. The molecule has 1 aliphatic carbocycles. The molecule has 0 radical (unpaired) electrons. The third-order valence-electron chi connectivity index (χ3n) is 2.99. The SMILES string of the molecule is O=S(=O)(Cl)c1ccccc1CC1(F)CCC1. The number of halogens is 2. The Morgan fingerprint density at radius 3 is 2.44 bits per heavy atom. The largest absolute Gasteiger partial charge is 0.261 e. The van der Waals surface area contributed by atoms with Crippen molar-refractivity contribution in [2.24, 2.45) is 0 Å². The zero-order chi connectivity index (χ0) is 11.8. The maximum atomic E-state index is 13.9. The van der Waals surface area contributed by atoms with Crippen LogP contribution in [-0.4, -0.2) is 14.1 Å². The Balaban J connectivity index is 2.34. The van der Waals surface area contributed by atoms with Crippen molar-refractivity contribution in [3.05, 3.63) is 29.8 Å². The number of hydrogen-bond donors (Lipinski definition) is 0. The van der Waals surface area contributed by atoms with Crippen LogP contribution in [0.15, 0.2) is 29.2 Å². The Morgan fingerprint density at radius 1 is 1.31 bits per heavy atom. The van der Waals surface area contributed by atoms with Gasteiger partial charge in [-0.15, -0.1) is 0 Å². The zero-order valence-corrected chi connectivity index (χ0v) is 10.2. The molecular weight excluding hydrogens is 251 g/mol. The first-order valence-electron chi connectivity index (χ1n) is 5.12. The van der Waals surface area contributed by atoms with Gasteiger partial charge in [0.25, 0.3) is 9.05 Å². The first kappa shape index (κ1) is 11.9.